The molecule has 90 valence electrons. The van der Waals surface area contributed by atoms with Crippen molar-refractivity contribution in [1.29, 1.82) is 0 Å². The summed E-state index contributed by atoms with van der Waals surface area (Å²) in [6.45, 7) is 4.75. The van der Waals surface area contributed by atoms with E-state index in [1.54, 1.807) is 11.3 Å². The third kappa shape index (κ3) is 2.36. The summed E-state index contributed by atoms with van der Waals surface area (Å²) in [7, 11) is 0. The molecule has 1 aliphatic rings. The molecule has 1 aromatic rings. The van der Waals surface area contributed by atoms with Crippen molar-refractivity contribution in [3.63, 3.8) is 0 Å². The van der Waals surface area contributed by atoms with E-state index >= 15 is 0 Å². The van der Waals surface area contributed by atoms with Crippen molar-refractivity contribution >= 4 is 27.3 Å². The van der Waals surface area contributed by atoms with Crippen molar-refractivity contribution in [2.24, 2.45) is 17.1 Å². The van der Waals surface area contributed by atoms with Crippen LogP contribution in [-0.4, -0.2) is 0 Å². The van der Waals surface area contributed by atoms with Gasteiger partial charge < -0.3 is 5.73 Å². The molecule has 1 heterocycles. The van der Waals surface area contributed by atoms with Crippen molar-refractivity contribution in [2.75, 3.05) is 0 Å². The van der Waals surface area contributed by atoms with Crippen LogP contribution in [0.5, 0.6) is 0 Å². The highest BCUT2D eigenvalue weighted by Crippen LogP contribution is 2.47. The van der Waals surface area contributed by atoms with E-state index in [4.69, 9.17) is 5.73 Å². The van der Waals surface area contributed by atoms with Gasteiger partial charge >= 0.3 is 0 Å². The molecule has 1 fully saturated rings. The summed E-state index contributed by atoms with van der Waals surface area (Å²) in [5, 5.41) is 2.12. The predicted molar refractivity (Wildman–Crippen MR) is 74.7 cm³/mol. The van der Waals surface area contributed by atoms with Gasteiger partial charge in [0.1, 0.15) is 0 Å². The fourth-order valence-electron chi connectivity index (χ4n) is 2.91. The molecule has 0 saturated heterocycles. The standard InChI is InChI=1S/C13H20BrNS/c1-13(2)7-4-3-5-9(13)11(15)12-10(14)6-8-16-12/h6,8-9,11H,3-5,7,15H2,1-2H3. The van der Waals surface area contributed by atoms with Crippen LogP contribution < -0.4 is 5.73 Å². The maximum Gasteiger partial charge on any atom is 0.0434 e. The highest BCUT2D eigenvalue weighted by Gasteiger charge is 2.37. The Kier molecular flexibility index (Phi) is 3.77. The molecule has 0 radical (unpaired) electrons. The van der Waals surface area contributed by atoms with Crippen molar-refractivity contribution in [2.45, 2.75) is 45.6 Å². The SMILES string of the molecule is CC1(C)CCCCC1C(N)c1sccc1Br. The van der Waals surface area contributed by atoms with Gasteiger partial charge in [0.05, 0.1) is 0 Å². The molecular formula is C13H20BrNS. The number of rotatable bonds is 2. The lowest BCUT2D eigenvalue weighted by atomic mass is 9.66. The lowest BCUT2D eigenvalue weighted by molar-refractivity contribution is 0.113. The van der Waals surface area contributed by atoms with Gasteiger partial charge in [0, 0.05) is 15.4 Å². The normalized spacial score (nSPS) is 26.6. The zero-order chi connectivity index (χ0) is 11.8. The van der Waals surface area contributed by atoms with Gasteiger partial charge in [0.2, 0.25) is 0 Å². The molecular weight excluding hydrogens is 282 g/mol. The maximum atomic E-state index is 6.47. The van der Waals surface area contributed by atoms with Gasteiger partial charge in [-0.2, -0.15) is 0 Å². The second kappa shape index (κ2) is 4.79. The lowest BCUT2D eigenvalue weighted by Crippen LogP contribution is -2.36. The minimum Gasteiger partial charge on any atom is -0.323 e. The van der Waals surface area contributed by atoms with Crippen molar-refractivity contribution in [1.82, 2.24) is 0 Å². The van der Waals surface area contributed by atoms with Crippen LogP contribution in [0.3, 0.4) is 0 Å². The van der Waals surface area contributed by atoms with E-state index in [2.05, 4.69) is 41.2 Å². The first-order valence-electron chi connectivity index (χ1n) is 6.01. The first-order valence-corrected chi connectivity index (χ1v) is 7.68. The van der Waals surface area contributed by atoms with Gasteiger partial charge in [-0.05, 0) is 51.6 Å². The molecule has 2 atom stereocenters. The van der Waals surface area contributed by atoms with E-state index in [-0.39, 0.29) is 6.04 Å². The van der Waals surface area contributed by atoms with Crippen LogP contribution in [0.1, 0.15) is 50.4 Å². The minimum atomic E-state index is 0.199. The summed E-state index contributed by atoms with van der Waals surface area (Å²) in [6, 6.07) is 2.31. The average molecular weight is 302 g/mol. The molecule has 0 aromatic carbocycles. The average Bonchev–Trinajstić information content (AvgIpc) is 2.63. The Balaban J connectivity index is 2.20. The van der Waals surface area contributed by atoms with E-state index in [1.165, 1.54) is 35.0 Å². The van der Waals surface area contributed by atoms with E-state index in [1.807, 2.05) is 0 Å². The monoisotopic (exact) mass is 301 g/mol. The van der Waals surface area contributed by atoms with Gasteiger partial charge in [0.25, 0.3) is 0 Å². The molecule has 2 unspecified atom stereocenters. The Morgan fingerprint density at radius 1 is 1.50 bits per heavy atom. The summed E-state index contributed by atoms with van der Waals surface area (Å²) < 4.78 is 1.19. The van der Waals surface area contributed by atoms with Crippen LogP contribution in [0.4, 0.5) is 0 Å². The zero-order valence-corrected chi connectivity index (χ0v) is 12.4. The van der Waals surface area contributed by atoms with Gasteiger partial charge in [-0.25, -0.2) is 0 Å². The molecule has 1 aromatic heterocycles. The Morgan fingerprint density at radius 3 is 2.81 bits per heavy atom. The fourth-order valence-corrected chi connectivity index (χ4v) is 4.62. The van der Waals surface area contributed by atoms with Crippen LogP contribution in [-0.2, 0) is 0 Å². The minimum absolute atomic E-state index is 0.199. The Hall–Kier alpha value is 0.140. The van der Waals surface area contributed by atoms with Crippen LogP contribution in [0.25, 0.3) is 0 Å². The van der Waals surface area contributed by atoms with E-state index < -0.39 is 0 Å². The van der Waals surface area contributed by atoms with E-state index in [9.17, 15) is 0 Å². The second-order valence-corrected chi connectivity index (χ2v) is 7.30. The van der Waals surface area contributed by atoms with Gasteiger partial charge in [0.15, 0.2) is 0 Å². The summed E-state index contributed by atoms with van der Waals surface area (Å²) in [4.78, 5) is 1.32. The molecule has 1 saturated carbocycles. The van der Waals surface area contributed by atoms with Crippen molar-refractivity contribution < 1.29 is 0 Å². The fraction of sp³-hybridized carbons (Fsp3) is 0.692. The van der Waals surface area contributed by atoms with Crippen molar-refractivity contribution in [3.05, 3.63) is 20.8 Å². The summed E-state index contributed by atoms with van der Waals surface area (Å²) in [6.07, 6.45) is 5.29. The quantitative estimate of drug-likeness (QED) is 0.840. The molecule has 0 bridgehead atoms. The van der Waals surface area contributed by atoms with Crippen LogP contribution in [0.15, 0.2) is 15.9 Å². The van der Waals surface area contributed by atoms with Crippen molar-refractivity contribution in [3.8, 4) is 0 Å². The highest BCUT2D eigenvalue weighted by atomic mass is 79.9. The number of hydrogen-bond acceptors (Lipinski definition) is 2. The smallest absolute Gasteiger partial charge is 0.0434 e. The summed E-state index contributed by atoms with van der Waals surface area (Å²) >= 11 is 5.38. The number of nitrogens with two attached hydrogens (primary N) is 1. The third-order valence-corrected chi connectivity index (χ3v) is 5.94. The van der Waals surface area contributed by atoms with Crippen LogP contribution in [0.2, 0.25) is 0 Å². The topological polar surface area (TPSA) is 26.0 Å². The molecule has 1 aliphatic carbocycles. The molecule has 2 N–H and O–H groups in total. The summed E-state index contributed by atoms with van der Waals surface area (Å²) in [5.41, 5.74) is 6.86. The molecule has 2 rings (SSSR count). The second-order valence-electron chi connectivity index (χ2n) is 5.50. The number of hydrogen-bond donors (Lipinski definition) is 1. The summed E-state index contributed by atoms with van der Waals surface area (Å²) in [5.74, 6) is 0.621. The highest BCUT2D eigenvalue weighted by molar-refractivity contribution is 9.10. The Labute approximate surface area is 111 Å². The molecule has 1 nitrogen and oxygen atoms in total. The lowest BCUT2D eigenvalue weighted by Gasteiger charge is -2.41. The first kappa shape index (κ1) is 12.6. The van der Waals surface area contributed by atoms with Gasteiger partial charge in [-0.1, -0.05) is 26.7 Å². The largest absolute Gasteiger partial charge is 0.323 e. The maximum absolute atomic E-state index is 6.47. The van der Waals surface area contributed by atoms with Crippen LogP contribution in [0, 0.1) is 11.3 Å². The number of thiophene rings is 1. The Morgan fingerprint density at radius 2 is 2.25 bits per heavy atom. The molecule has 16 heavy (non-hydrogen) atoms. The van der Waals surface area contributed by atoms with Gasteiger partial charge in [-0.3, -0.25) is 0 Å². The predicted octanol–water partition coefficient (Wildman–Crippen LogP) is 4.73. The Bertz CT molecular complexity index is 359. The van der Waals surface area contributed by atoms with Gasteiger partial charge in [-0.15, -0.1) is 11.3 Å². The zero-order valence-electron chi connectivity index (χ0n) is 10.0. The van der Waals surface area contributed by atoms with E-state index in [0.717, 1.165) is 0 Å². The first-order chi connectivity index (χ1) is 7.52. The molecule has 0 aliphatic heterocycles. The molecule has 3 heteroatoms. The molecule has 0 spiro atoms. The molecule has 0 amide bonds. The third-order valence-electron chi connectivity index (χ3n) is 3.97. The van der Waals surface area contributed by atoms with E-state index in [0.29, 0.717) is 11.3 Å². The van der Waals surface area contributed by atoms with Crippen LogP contribution >= 0.6 is 27.3 Å². The number of halogens is 1.